The van der Waals surface area contributed by atoms with Gasteiger partial charge in [0.2, 0.25) is 0 Å². The molecule has 0 radical (unpaired) electrons. The maximum Gasteiger partial charge on any atom is 0.268 e. The number of nitrogens with zero attached hydrogens (tertiary/aromatic N) is 2. The topological polar surface area (TPSA) is 34.9 Å². The first-order chi connectivity index (χ1) is 8.49. The van der Waals surface area contributed by atoms with Gasteiger partial charge in [-0.1, -0.05) is 6.07 Å². The summed E-state index contributed by atoms with van der Waals surface area (Å²) in [4.78, 5) is 15.9. The van der Waals surface area contributed by atoms with E-state index < -0.39 is 11.6 Å². The second kappa shape index (κ2) is 4.97. The lowest BCUT2D eigenvalue weighted by Crippen LogP contribution is -2.24. The third-order valence-electron chi connectivity index (χ3n) is 2.53. The van der Waals surface area contributed by atoms with E-state index in [1.807, 2.05) is 0 Å². The van der Waals surface area contributed by atoms with Crippen LogP contribution in [0.4, 0.5) is 8.78 Å². The van der Waals surface area contributed by atoms with E-state index in [1.54, 1.807) is 6.92 Å². The van der Waals surface area contributed by atoms with Gasteiger partial charge in [-0.3, -0.25) is 9.36 Å². The van der Waals surface area contributed by atoms with Crippen molar-refractivity contribution in [3.8, 4) is 0 Å². The summed E-state index contributed by atoms with van der Waals surface area (Å²) in [5.74, 6) is -1.33. The third kappa shape index (κ3) is 2.48. The van der Waals surface area contributed by atoms with E-state index in [2.05, 4.69) is 20.9 Å². The van der Waals surface area contributed by atoms with E-state index in [4.69, 9.17) is 0 Å². The Morgan fingerprint density at radius 1 is 1.33 bits per heavy atom. The fourth-order valence-corrected chi connectivity index (χ4v) is 1.87. The minimum Gasteiger partial charge on any atom is -0.291 e. The molecule has 94 valence electrons. The standard InChI is InChI=1S/C12H9BrF2N2O/c1-7-16-5-9(13)12(18)17(7)6-8-2-3-10(14)11(15)4-8/h2-5H,6H2,1H3. The average molecular weight is 315 g/mol. The first-order valence-electron chi connectivity index (χ1n) is 5.15. The van der Waals surface area contributed by atoms with Crippen molar-refractivity contribution >= 4 is 15.9 Å². The average Bonchev–Trinajstić information content (AvgIpc) is 2.34. The van der Waals surface area contributed by atoms with E-state index in [9.17, 15) is 13.6 Å². The number of hydrogen-bond acceptors (Lipinski definition) is 2. The molecule has 0 saturated heterocycles. The van der Waals surface area contributed by atoms with Gasteiger partial charge in [-0.25, -0.2) is 13.8 Å². The van der Waals surface area contributed by atoms with E-state index in [-0.39, 0.29) is 12.1 Å². The highest BCUT2D eigenvalue weighted by molar-refractivity contribution is 9.10. The monoisotopic (exact) mass is 314 g/mol. The third-order valence-corrected chi connectivity index (χ3v) is 3.07. The van der Waals surface area contributed by atoms with Crippen molar-refractivity contribution in [2.45, 2.75) is 13.5 Å². The zero-order valence-corrected chi connectivity index (χ0v) is 11.0. The molecule has 1 aromatic heterocycles. The molecule has 0 unspecified atom stereocenters. The van der Waals surface area contributed by atoms with E-state index >= 15 is 0 Å². The van der Waals surface area contributed by atoms with Crippen molar-refractivity contribution in [2.75, 3.05) is 0 Å². The minimum atomic E-state index is -0.929. The first-order valence-corrected chi connectivity index (χ1v) is 5.94. The molecule has 1 aromatic carbocycles. The summed E-state index contributed by atoms with van der Waals surface area (Å²) in [7, 11) is 0. The second-order valence-corrected chi connectivity index (χ2v) is 4.65. The Morgan fingerprint density at radius 3 is 2.72 bits per heavy atom. The van der Waals surface area contributed by atoms with Crippen LogP contribution < -0.4 is 5.56 Å². The van der Waals surface area contributed by atoms with Crippen LogP contribution in [0, 0.1) is 18.6 Å². The summed E-state index contributed by atoms with van der Waals surface area (Å²) in [6.07, 6.45) is 1.42. The molecule has 1 heterocycles. The lowest BCUT2D eigenvalue weighted by atomic mass is 10.2. The van der Waals surface area contributed by atoms with Crippen LogP contribution in [0.2, 0.25) is 0 Å². The highest BCUT2D eigenvalue weighted by Gasteiger charge is 2.08. The Bertz CT molecular complexity index is 655. The lowest BCUT2D eigenvalue weighted by Gasteiger charge is -2.09. The van der Waals surface area contributed by atoms with Crippen molar-refractivity contribution in [2.24, 2.45) is 0 Å². The summed E-state index contributed by atoms with van der Waals surface area (Å²) in [6.45, 7) is 1.82. The molecule has 3 nitrogen and oxygen atoms in total. The van der Waals surface area contributed by atoms with Crippen LogP contribution in [0.5, 0.6) is 0 Å². The molecule has 0 amide bonds. The molecular formula is C12H9BrF2N2O. The molecule has 18 heavy (non-hydrogen) atoms. The van der Waals surface area contributed by atoms with Gasteiger partial charge in [0.1, 0.15) is 10.3 Å². The number of benzene rings is 1. The molecule has 0 aliphatic carbocycles. The largest absolute Gasteiger partial charge is 0.291 e. The van der Waals surface area contributed by atoms with Crippen molar-refractivity contribution < 1.29 is 8.78 Å². The molecule has 0 bridgehead atoms. The fourth-order valence-electron chi connectivity index (χ4n) is 1.56. The molecule has 0 aliphatic heterocycles. The molecule has 0 saturated carbocycles. The molecule has 2 rings (SSSR count). The maximum atomic E-state index is 13.1. The van der Waals surface area contributed by atoms with Crippen molar-refractivity contribution in [3.63, 3.8) is 0 Å². The molecule has 0 fully saturated rings. The second-order valence-electron chi connectivity index (χ2n) is 3.79. The van der Waals surface area contributed by atoms with Gasteiger partial charge >= 0.3 is 0 Å². The SMILES string of the molecule is Cc1ncc(Br)c(=O)n1Cc1ccc(F)c(F)c1. The molecule has 0 N–H and O–H groups in total. The zero-order chi connectivity index (χ0) is 13.3. The molecule has 0 aliphatic rings. The summed E-state index contributed by atoms with van der Waals surface area (Å²) in [6, 6.07) is 3.55. The molecule has 0 spiro atoms. The summed E-state index contributed by atoms with van der Waals surface area (Å²) >= 11 is 3.09. The predicted molar refractivity (Wildman–Crippen MR) is 66.4 cm³/mol. The van der Waals surface area contributed by atoms with Crippen LogP contribution in [0.1, 0.15) is 11.4 Å². The van der Waals surface area contributed by atoms with Crippen molar-refractivity contribution in [3.05, 3.63) is 62.2 Å². The van der Waals surface area contributed by atoms with E-state index in [1.165, 1.54) is 16.8 Å². The number of aromatic nitrogens is 2. The van der Waals surface area contributed by atoms with Gasteiger partial charge in [0, 0.05) is 6.20 Å². The van der Waals surface area contributed by atoms with Crippen LogP contribution >= 0.6 is 15.9 Å². The minimum absolute atomic E-state index is 0.147. The van der Waals surface area contributed by atoms with Gasteiger partial charge < -0.3 is 0 Å². The molecular weight excluding hydrogens is 306 g/mol. The van der Waals surface area contributed by atoms with Crippen LogP contribution in [0.15, 0.2) is 33.7 Å². The molecule has 6 heteroatoms. The Labute approximate surface area is 110 Å². The zero-order valence-electron chi connectivity index (χ0n) is 9.45. The number of aryl methyl sites for hydroxylation is 1. The summed E-state index contributed by atoms with van der Waals surface area (Å²) in [5, 5.41) is 0. The van der Waals surface area contributed by atoms with Crippen LogP contribution in [-0.2, 0) is 6.54 Å². The Balaban J connectivity index is 2.43. The maximum absolute atomic E-state index is 13.1. The van der Waals surface area contributed by atoms with Crippen LogP contribution in [0.3, 0.4) is 0 Å². The fraction of sp³-hybridized carbons (Fsp3) is 0.167. The van der Waals surface area contributed by atoms with Gasteiger partial charge in [0.25, 0.3) is 5.56 Å². The van der Waals surface area contributed by atoms with Gasteiger partial charge in [0.15, 0.2) is 11.6 Å². The normalized spacial score (nSPS) is 10.7. The van der Waals surface area contributed by atoms with Gasteiger partial charge in [-0.05, 0) is 40.5 Å². The molecule has 0 atom stereocenters. The van der Waals surface area contributed by atoms with Gasteiger partial charge in [-0.2, -0.15) is 0 Å². The van der Waals surface area contributed by atoms with Crippen LogP contribution in [-0.4, -0.2) is 9.55 Å². The number of halogens is 3. The highest BCUT2D eigenvalue weighted by atomic mass is 79.9. The Hall–Kier alpha value is -1.56. The molecule has 2 aromatic rings. The Morgan fingerprint density at radius 2 is 2.06 bits per heavy atom. The van der Waals surface area contributed by atoms with Crippen LogP contribution in [0.25, 0.3) is 0 Å². The van der Waals surface area contributed by atoms with Crippen molar-refractivity contribution in [1.29, 1.82) is 0 Å². The smallest absolute Gasteiger partial charge is 0.268 e. The highest BCUT2D eigenvalue weighted by Crippen LogP contribution is 2.10. The number of hydrogen-bond donors (Lipinski definition) is 0. The first kappa shape index (κ1) is 12.9. The van der Waals surface area contributed by atoms with E-state index in [0.29, 0.717) is 15.9 Å². The van der Waals surface area contributed by atoms with E-state index in [0.717, 1.165) is 12.1 Å². The van der Waals surface area contributed by atoms with Gasteiger partial charge in [0.05, 0.1) is 6.54 Å². The van der Waals surface area contributed by atoms with Crippen molar-refractivity contribution in [1.82, 2.24) is 9.55 Å². The number of rotatable bonds is 2. The quantitative estimate of drug-likeness (QED) is 0.854. The Kier molecular flexibility index (Phi) is 3.56. The summed E-state index contributed by atoms with van der Waals surface area (Å²) in [5.41, 5.74) is 0.242. The van der Waals surface area contributed by atoms with Gasteiger partial charge in [-0.15, -0.1) is 0 Å². The predicted octanol–water partition coefficient (Wildman–Crippen LogP) is 2.64. The summed E-state index contributed by atoms with van der Waals surface area (Å²) < 4.78 is 27.6. The lowest BCUT2D eigenvalue weighted by molar-refractivity contribution is 0.506.